The maximum Gasteiger partial charge on any atom is 0.307 e. The summed E-state index contributed by atoms with van der Waals surface area (Å²) >= 11 is 3.38. The van der Waals surface area contributed by atoms with E-state index in [0.29, 0.717) is 28.3 Å². The number of halogens is 2. The second-order valence-corrected chi connectivity index (χ2v) is 8.16. The number of hydrogen-bond donors (Lipinski definition) is 2. The van der Waals surface area contributed by atoms with Gasteiger partial charge in [0.05, 0.1) is 13.3 Å². The van der Waals surface area contributed by atoms with Crippen molar-refractivity contribution >= 4 is 50.6 Å². The molecule has 0 aliphatic rings. The van der Waals surface area contributed by atoms with E-state index in [1.165, 1.54) is 37.6 Å². The minimum atomic E-state index is -0.493. The first-order chi connectivity index (χ1) is 16.9. The molecule has 0 fully saturated rings. The Balaban J connectivity index is 1.34. The summed E-state index contributed by atoms with van der Waals surface area (Å²) in [7, 11) is 1.46. The van der Waals surface area contributed by atoms with Gasteiger partial charge in [-0.15, -0.1) is 0 Å². The highest BCUT2D eigenvalue weighted by molar-refractivity contribution is 9.10. The van der Waals surface area contributed by atoms with Gasteiger partial charge in [-0.2, -0.15) is 5.10 Å². The van der Waals surface area contributed by atoms with Gasteiger partial charge in [0.25, 0.3) is 5.91 Å². The maximum absolute atomic E-state index is 13.0. The van der Waals surface area contributed by atoms with Crippen molar-refractivity contribution in [1.82, 2.24) is 5.43 Å². The average Bonchev–Trinajstić information content (AvgIpc) is 3.28. The van der Waals surface area contributed by atoms with Crippen LogP contribution in [0.3, 0.4) is 0 Å². The normalized spacial score (nSPS) is 10.9. The number of anilines is 1. The number of furan rings is 1. The largest absolute Gasteiger partial charge is 0.493 e. The number of nitrogens with zero attached hydrogens (tertiary/aromatic N) is 1. The minimum absolute atomic E-state index is 0.135. The molecule has 0 atom stereocenters. The molecule has 0 unspecified atom stereocenters. The summed E-state index contributed by atoms with van der Waals surface area (Å²) in [6.07, 6.45) is 1.44. The topological polar surface area (TPSA) is 102 Å². The van der Waals surface area contributed by atoms with Gasteiger partial charge < -0.3 is 19.2 Å². The molecule has 3 aromatic carbocycles. The molecular formula is C25H19BrFN3O5. The first-order valence-corrected chi connectivity index (χ1v) is 11.1. The Labute approximate surface area is 207 Å². The molecule has 1 aromatic heterocycles. The van der Waals surface area contributed by atoms with Crippen LogP contribution in [0.1, 0.15) is 16.1 Å². The number of carbonyl (C=O) groups excluding carboxylic acids is 2. The summed E-state index contributed by atoms with van der Waals surface area (Å²) in [6, 6.07) is 17.4. The van der Waals surface area contributed by atoms with Crippen molar-refractivity contribution in [3.63, 3.8) is 0 Å². The number of methoxy groups -OCH3 is 1. The molecule has 0 bridgehead atoms. The number of fused-ring (bicyclic) bond motifs is 1. The Morgan fingerprint density at radius 1 is 1.06 bits per heavy atom. The lowest BCUT2D eigenvalue weighted by atomic mass is 10.2. The molecule has 0 saturated carbocycles. The van der Waals surface area contributed by atoms with Gasteiger partial charge in [-0.25, -0.2) is 9.82 Å². The standard InChI is InChI=1S/C25H19BrFN3O5/c1-33-22-10-15(2-8-21(22)34-14-24(31)29-19-6-4-18(27)5-7-19)13-28-30-25(32)23-12-16-11-17(26)3-9-20(16)35-23/h2-13H,14H2,1H3,(H,29,31)(H,30,32)/b28-13-. The third-order valence-electron chi connectivity index (χ3n) is 4.76. The Morgan fingerprint density at radius 3 is 2.63 bits per heavy atom. The number of nitrogens with one attached hydrogen (secondary N) is 2. The van der Waals surface area contributed by atoms with Crippen molar-refractivity contribution in [3.8, 4) is 11.5 Å². The lowest BCUT2D eigenvalue weighted by Crippen LogP contribution is -2.20. The van der Waals surface area contributed by atoms with E-state index in [9.17, 15) is 14.0 Å². The molecule has 35 heavy (non-hydrogen) atoms. The molecule has 0 aliphatic carbocycles. The van der Waals surface area contributed by atoms with Gasteiger partial charge in [0.1, 0.15) is 11.4 Å². The van der Waals surface area contributed by atoms with Gasteiger partial charge in [-0.05, 0) is 72.3 Å². The van der Waals surface area contributed by atoms with E-state index in [1.54, 1.807) is 30.3 Å². The van der Waals surface area contributed by atoms with Gasteiger partial charge in [0, 0.05) is 15.5 Å². The summed E-state index contributed by atoms with van der Waals surface area (Å²) < 4.78 is 30.2. The molecular weight excluding hydrogens is 521 g/mol. The van der Waals surface area contributed by atoms with Crippen molar-refractivity contribution in [2.24, 2.45) is 5.10 Å². The molecule has 0 saturated heterocycles. The van der Waals surface area contributed by atoms with Crippen LogP contribution in [0.25, 0.3) is 11.0 Å². The molecule has 0 radical (unpaired) electrons. The predicted octanol–water partition coefficient (Wildman–Crippen LogP) is 5.12. The van der Waals surface area contributed by atoms with E-state index in [2.05, 4.69) is 31.8 Å². The van der Waals surface area contributed by atoms with Crippen LogP contribution < -0.4 is 20.2 Å². The van der Waals surface area contributed by atoms with E-state index in [1.807, 2.05) is 12.1 Å². The van der Waals surface area contributed by atoms with Crippen LogP contribution in [0.2, 0.25) is 0 Å². The SMILES string of the molecule is COc1cc(/C=N\NC(=O)c2cc3cc(Br)ccc3o2)ccc1OCC(=O)Nc1ccc(F)cc1. The van der Waals surface area contributed by atoms with Crippen molar-refractivity contribution < 1.29 is 27.9 Å². The summed E-state index contributed by atoms with van der Waals surface area (Å²) in [4.78, 5) is 24.4. The van der Waals surface area contributed by atoms with Crippen molar-refractivity contribution in [2.75, 3.05) is 19.0 Å². The van der Waals surface area contributed by atoms with E-state index >= 15 is 0 Å². The van der Waals surface area contributed by atoms with E-state index in [0.717, 1.165) is 9.86 Å². The fourth-order valence-corrected chi connectivity index (χ4v) is 3.48. The molecule has 2 amide bonds. The van der Waals surface area contributed by atoms with Crippen molar-refractivity contribution in [1.29, 1.82) is 0 Å². The zero-order valence-corrected chi connectivity index (χ0v) is 20.0. The van der Waals surface area contributed by atoms with Crippen LogP contribution in [0.4, 0.5) is 10.1 Å². The van der Waals surface area contributed by atoms with Gasteiger partial charge in [0.15, 0.2) is 23.9 Å². The highest BCUT2D eigenvalue weighted by Crippen LogP contribution is 2.28. The summed E-state index contributed by atoms with van der Waals surface area (Å²) in [5, 5.41) is 7.36. The monoisotopic (exact) mass is 539 g/mol. The number of amides is 2. The third-order valence-corrected chi connectivity index (χ3v) is 5.25. The average molecular weight is 540 g/mol. The van der Waals surface area contributed by atoms with Crippen molar-refractivity contribution in [3.05, 3.63) is 88.3 Å². The van der Waals surface area contributed by atoms with Gasteiger partial charge >= 0.3 is 5.91 Å². The molecule has 1 heterocycles. The van der Waals surface area contributed by atoms with E-state index < -0.39 is 17.6 Å². The number of hydrazone groups is 1. The Morgan fingerprint density at radius 2 is 1.86 bits per heavy atom. The zero-order valence-electron chi connectivity index (χ0n) is 18.4. The number of carbonyl (C=O) groups is 2. The van der Waals surface area contributed by atoms with Crippen LogP contribution in [0, 0.1) is 5.82 Å². The molecule has 0 spiro atoms. The lowest BCUT2D eigenvalue weighted by Gasteiger charge is -2.11. The van der Waals surface area contributed by atoms with Crippen LogP contribution in [-0.2, 0) is 4.79 Å². The minimum Gasteiger partial charge on any atom is -0.493 e. The molecule has 2 N–H and O–H groups in total. The van der Waals surface area contributed by atoms with E-state index in [-0.39, 0.29) is 12.4 Å². The van der Waals surface area contributed by atoms with Crippen molar-refractivity contribution in [2.45, 2.75) is 0 Å². The number of rotatable bonds is 8. The summed E-state index contributed by atoms with van der Waals surface area (Å²) in [6.45, 7) is -0.273. The van der Waals surface area contributed by atoms with Crippen LogP contribution in [0.15, 0.2) is 80.7 Å². The van der Waals surface area contributed by atoms with Gasteiger partial charge in [-0.3, -0.25) is 9.59 Å². The second kappa shape index (κ2) is 10.8. The molecule has 178 valence electrons. The zero-order chi connectivity index (χ0) is 24.8. The highest BCUT2D eigenvalue weighted by atomic mass is 79.9. The van der Waals surface area contributed by atoms with Crippen LogP contribution in [-0.4, -0.2) is 31.7 Å². The first kappa shape index (κ1) is 24.0. The second-order valence-electron chi connectivity index (χ2n) is 7.25. The van der Waals surface area contributed by atoms with Gasteiger partial charge in [0.2, 0.25) is 0 Å². The number of ether oxygens (including phenoxy) is 2. The molecule has 10 heteroatoms. The predicted molar refractivity (Wildman–Crippen MR) is 132 cm³/mol. The third kappa shape index (κ3) is 6.24. The number of benzene rings is 3. The molecule has 4 aromatic rings. The van der Waals surface area contributed by atoms with Crippen LogP contribution >= 0.6 is 15.9 Å². The highest BCUT2D eigenvalue weighted by Gasteiger charge is 2.12. The lowest BCUT2D eigenvalue weighted by molar-refractivity contribution is -0.118. The Kier molecular flexibility index (Phi) is 7.41. The first-order valence-electron chi connectivity index (χ1n) is 10.3. The quantitative estimate of drug-likeness (QED) is 0.239. The molecule has 0 aliphatic heterocycles. The molecule has 4 rings (SSSR count). The van der Waals surface area contributed by atoms with E-state index in [4.69, 9.17) is 13.9 Å². The fraction of sp³-hybridized carbons (Fsp3) is 0.0800. The summed E-state index contributed by atoms with van der Waals surface area (Å²) in [5.41, 5.74) is 4.09. The molecule has 8 nitrogen and oxygen atoms in total. The maximum atomic E-state index is 13.0. The smallest absolute Gasteiger partial charge is 0.307 e. The fourth-order valence-electron chi connectivity index (χ4n) is 3.10. The Hall–Kier alpha value is -4.18. The summed E-state index contributed by atoms with van der Waals surface area (Å²) in [5.74, 6) is -0.447. The Bertz CT molecular complexity index is 1400. The van der Waals surface area contributed by atoms with Gasteiger partial charge in [-0.1, -0.05) is 15.9 Å². The van der Waals surface area contributed by atoms with Crippen LogP contribution in [0.5, 0.6) is 11.5 Å². The number of hydrogen-bond acceptors (Lipinski definition) is 6.